The van der Waals surface area contributed by atoms with Crippen LogP contribution in [0.1, 0.15) is 44.9 Å². The topological polar surface area (TPSA) is 18.5 Å². The van der Waals surface area contributed by atoms with Gasteiger partial charge in [0.25, 0.3) is 0 Å². The molecule has 0 aromatic heterocycles. The monoisotopic (exact) mass is 292 g/mol. The minimum Gasteiger partial charge on any atom is -0.382 e. The van der Waals surface area contributed by atoms with Gasteiger partial charge < -0.3 is 9.47 Å². The maximum atomic E-state index is 5.51. The molecule has 1 fully saturated rings. The average molecular weight is 293 g/mol. The Hall–Kier alpha value is 0.400. The zero-order valence-corrected chi connectivity index (χ0v) is 12.1. The van der Waals surface area contributed by atoms with E-state index in [9.17, 15) is 0 Å². The molecule has 0 unspecified atom stereocenters. The molecule has 0 saturated heterocycles. The molecule has 1 aliphatic carbocycles. The van der Waals surface area contributed by atoms with E-state index < -0.39 is 0 Å². The SMILES string of the molecule is COCCOCCCC1(CBr)CCCCC1. The van der Waals surface area contributed by atoms with Crippen LogP contribution < -0.4 is 0 Å². The van der Waals surface area contributed by atoms with Crippen molar-refractivity contribution >= 4 is 15.9 Å². The average Bonchev–Trinajstić information content (AvgIpc) is 2.35. The van der Waals surface area contributed by atoms with E-state index >= 15 is 0 Å². The van der Waals surface area contributed by atoms with Crippen LogP contribution in [-0.4, -0.2) is 32.3 Å². The molecule has 0 N–H and O–H groups in total. The van der Waals surface area contributed by atoms with E-state index in [2.05, 4.69) is 15.9 Å². The quantitative estimate of drug-likeness (QED) is 0.501. The summed E-state index contributed by atoms with van der Waals surface area (Å²) in [7, 11) is 1.71. The van der Waals surface area contributed by atoms with Gasteiger partial charge in [-0.3, -0.25) is 0 Å². The van der Waals surface area contributed by atoms with E-state index in [4.69, 9.17) is 9.47 Å². The summed E-state index contributed by atoms with van der Waals surface area (Å²) in [6.07, 6.45) is 9.55. The fraction of sp³-hybridized carbons (Fsp3) is 1.00. The van der Waals surface area contributed by atoms with Crippen LogP contribution in [0.15, 0.2) is 0 Å². The normalized spacial score (nSPS) is 19.9. The second-order valence-electron chi connectivity index (χ2n) is 4.90. The third kappa shape index (κ3) is 5.15. The molecular formula is C13H25BrO2. The lowest BCUT2D eigenvalue weighted by atomic mass is 9.73. The number of ether oxygens (including phenoxy) is 2. The summed E-state index contributed by atoms with van der Waals surface area (Å²) in [5.74, 6) is 0. The standard InChI is InChI=1S/C13H25BrO2/c1-15-10-11-16-9-5-8-13(12-14)6-3-2-4-7-13/h2-12H2,1H3. The molecule has 0 amide bonds. The van der Waals surface area contributed by atoms with Crippen LogP contribution in [0.2, 0.25) is 0 Å². The molecule has 0 aromatic carbocycles. The summed E-state index contributed by atoms with van der Waals surface area (Å²) < 4.78 is 10.5. The molecule has 0 aliphatic heterocycles. The first kappa shape index (κ1) is 14.5. The van der Waals surface area contributed by atoms with Crippen molar-refractivity contribution < 1.29 is 9.47 Å². The van der Waals surface area contributed by atoms with Crippen LogP contribution in [-0.2, 0) is 9.47 Å². The summed E-state index contributed by atoms with van der Waals surface area (Å²) in [5, 5.41) is 1.16. The highest BCUT2D eigenvalue weighted by molar-refractivity contribution is 9.09. The molecule has 3 heteroatoms. The van der Waals surface area contributed by atoms with Gasteiger partial charge in [0.05, 0.1) is 13.2 Å². The lowest BCUT2D eigenvalue weighted by Gasteiger charge is -2.35. The second-order valence-corrected chi connectivity index (χ2v) is 5.46. The number of methoxy groups -OCH3 is 1. The zero-order valence-electron chi connectivity index (χ0n) is 10.5. The summed E-state index contributed by atoms with van der Waals surface area (Å²) >= 11 is 3.70. The molecule has 16 heavy (non-hydrogen) atoms. The van der Waals surface area contributed by atoms with Crippen LogP contribution >= 0.6 is 15.9 Å². The van der Waals surface area contributed by atoms with E-state index in [1.165, 1.54) is 44.9 Å². The van der Waals surface area contributed by atoms with Gasteiger partial charge in [-0.2, -0.15) is 0 Å². The van der Waals surface area contributed by atoms with E-state index in [1.807, 2.05) is 0 Å². The van der Waals surface area contributed by atoms with Crippen molar-refractivity contribution in [3.8, 4) is 0 Å². The first-order chi connectivity index (χ1) is 7.83. The van der Waals surface area contributed by atoms with Crippen molar-refractivity contribution in [1.82, 2.24) is 0 Å². The van der Waals surface area contributed by atoms with Crippen molar-refractivity contribution in [2.24, 2.45) is 5.41 Å². The number of alkyl halides is 1. The molecule has 1 aliphatic rings. The van der Waals surface area contributed by atoms with Crippen LogP contribution in [0.5, 0.6) is 0 Å². The predicted molar refractivity (Wildman–Crippen MR) is 71.2 cm³/mol. The minimum atomic E-state index is 0.572. The van der Waals surface area contributed by atoms with E-state index in [0.717, 1.165) is 18.5 Å². The summed E-state index contributed by atoms with van der Waals surface area (Å²) in [6.45, 7) is 2.33. The predicted octanol–water partition coefficient (Wildman–Crippen LogP) is 3.78. The zero-order chi connectivity index (χ0) is 11.7. The van der Waals surface area contributed by atoms with Crippen molar-refractivity contribution in [1.29, 1.82) is 0 Å². The Labute approximate surface area is 108 Å². The number of rotatable bonds is 8. The molecular weight excluding hydrogens is 268 g/mol. The van der Waals surface area contributed by atoms with Gasteiger partial charge in [-0.05, 0) is 31.1 Å². The van der Waals surface area contributed by atoms with Crippen LogP contribution in [0.3, 0.4) is 0 Å². The number of hydrogen-bond donors (Lipinski definition) is 0. The van der Waals surface area contributed by atoms with Gasteiger partial charge in [0.1, 0.15) is 0 Å². The van der Waals surface area contributed by atoms with Crippen molar-refractivity contribution in [2.75, 3.05) is 32.3 Å². The molecule has 0 bridgehead atoms. The van der Waals surface area contributed by atoms with Gasteiger partial charge in [0.2, 0.25) is 0 Å². The van der Waals surface area contributed by atoms with Gasteiger partial charge in [-0.1, -0.05) is 35.2 Å². The Morgan fingerprint density at radius 2 is 1.81 bits per heavy atom. The summed E-state index contributed by atoms with van der Waals surface area (Å²) in [5.41, 5.74) is 0.572. The molecule has 0 atom stereocenters. The van der Waals surface area contributed by atoms with Gasteiger partial charge in [0, 0.05) is 19.0 Å². The van der Waals surface area contributed by atoms with Crippen molar-refractivity contribution in [3.63, 3.8) is 0 Å². The third-order valence-corrected chi connectivity index (χ3v) is 4.81. The lowest BCUT2D eigenvalue weighted by molar-refractivity contribution is 0.0620. The molecule has 0 heterocycles. The van der Waals surface area contributed by atoms with Gasteiger partial charge >= 0.3 is 0 Å². The molecule has 1 rings (SSSR count). The Kier molecular flexibility index (Phi) is 7.67. The van der Waals surface area contributed by atoms with Crippen molar-refractivity contribution in [2.45, 2.75) is 44.9 Å². The Morgan fingerprint density at radius 3 is 2.44 bits per heavy atom. The maximum Gasteiger partial charge on any atom is 0.0700 e. The Morgan fingerprint density at radius 1 is 1.06 bits per heavy atom. The molecule has 1 saturated carbocycles. The van der Waals surface area contributed by atoms with Gasteiger partial charge in [-0.25, -0.2) is 0 Å². The van der Waals surface area contributed by atoms with Crippen LogP contribution in [0.25, 0.3) is 0 Å². The smallest absolute Gasteiger partial charge is 0.0700 e. The maximum absolute atomic E-state index is 5.51. The van der Waals surface area contributed by atoms with Gasteiger partial charge in [0.15, 0.2) is 0 Å². The van der Waals surface area contributed by atoms with Crippen LogP contribution in [0, 0.1) is 5.41 Å². The Bertz CT molecular complexity index is 167. The fourth-order valence-corrected chi connectivity index (χ4v) is 3.39. The molecule has 0 spiro atoms. The van der Waals surface area contributed by atoms with Gasteiger partial charge in [-0.15, -0.1) is 0 Å². The molecule has 96 valence electrons. The highest BCUT2D eigenvalue weighted by Crippen LogP contribution is 2.41. The van der Waals surface area contributed by atoms with Crippen LogP contribution in [0.4, 0.5) is 0 Å². The summed E-state index contributed by atoms with van der Waals surface area (Å²) in [6, 6.07) is 0. The minimum absolute atomic E-state index is 0.572. The molecule has 0 radical (unpaired) electrons. The number of halogens is 1. The summed E-state index contributed by atoms with van der Waals surface area (Å²) in [4.78, 5) is 0. The second kappa shape index (κ2) is 8.48. The Balaban J connectivity index is 2.08. The highest BCUT2D eigenvalue weighted by Gasteiger charge is 2.29. The first-order valence-corrected chi connectivity index (χ1v) is 7.58. The van der Waals surface area contributed by atoms with Crippen molar-refractivity contribution in [3.05, 3.63) is 0 Å². The largest absolute Gasteiger partial charge is 0.382 e. The third-order valence-electron chi connectivity index (χ3n) is 3.63. The van der Waals surface area contributed by atoms with E-state index in [-0.39, 0.29) is 0 Å². The highest BCUT2D eigenvalue weighted by atomic mass is 79.9. The lowest BCUT2D eigenvalue weighted by Crippen LogP contribution is -2.26. The molecule has 0 aromatic rings. The fourth-order valence-electron chi connectivity index (χ4n) is 2.55. The van der Waals surface area contributed by atoms with E-state index in [0.29, 0.717) is 12.0 Å². The number of hydrogen-bond acceptors (Lipinski definition) is 2. The first-order valence-electron chi connectivity index (χ1n) is 6.46. The van der Waals surface area contributed by atoms with E-state index in [1.54, 1.807) is 7.11 Å². The molecule has 2 nitrogen and oxygen atoms in total.